The molecule has 0 bridgehead atoms. The Kier molecular flexibility index (Phi) is 5.64. The molecule has 1 amide bonds. The lowest BCUT2D eigenvalue weighted by molar-refractivity contribution is -0.116. The molecule has 2 atom stereocenters. The van der Waals surface area contributed by atoms with E-state index in [2.05, 4.69) is 27.9 Å². The molecule has 0 saturated heterocycles. The second-order valence-electron chi connectivity index (χ2n) is 7.56. The summed E-state index contributed by atoms with van der Waals surface area (Å²) in [6.07, 6.45) is 0.851. The monoisotopic (exact) mass is 441 g/mol. The van der Waals surface area contributed by atoms with Crippen molar-refractivity contribution in [1.29, 1.82) is 0 Å². The molecule has 1 aliphatic heterocycles. The highest BCUT2D eigenvalue weighted by Crippen LogP contribution is 2.39. The highest BCUT2D eigenvalue weighted by molar-refractivity contribution is 8.00. The molecule has 7 heteroatoms. The number of thioether (sulfide) groups is 1. The number of carbonyl (C=O) groups is 1. The molecule has 3 aromatic carbocycles. The molecule has 1 aromatic heterocycles. The minimum atomic E-state index is -0.414. The van der Waals surface area contributed by atoms with Crippen LogP contribution in [0.4, 0.5) is 5.69 Å². The second-order valence-corrected chi connectivity index (χ2v) is 8.67. The highest BCUT2D eigenvalue weighted by atomic mass is 32.2. The van der Waals surface area contributed by atoms with E-state index in [0.717, 1.165) is 34.6 Å². The molecule has 1 aliphatic rings. The molecular formula is C25H23N5OS. The maximum Gasteiger partial charge on any atom is 0.240 e. The molecule has 0 spiro atoms. The van der Waals surface area contributed by atoms with E-state index in [1.165, 1.54) is 11.8 Å². The summed E-state index contributed by atoms with van der Waals surface area (Å²) < 4.78 is 1.89. The van der Waals surface area contributed by atoms with E-state index < -0.39 is 5.25 Å². The third-order valence-electron chi connectivity index (χ3n) is 5.54. The molecule has 0 aliphatic carbocycles. The smallest absolute Gasteiger partial charge is 0.240 e. The lowest BCUT2D eigenvalue weighted by atomic mass is 10.0. The SMILES string of the molecule is CCc1ccccc1NC(=O)[C@H]1Sc2nnc(-c3ccccc3)n2N[C@@H]1c1ccccc1. The van der Waals surface area contributed by atoms with Crippen LogP contribution in [0.2, 0.25) is 0 Å². The van der Waals surface area contributed by atoms with Crippen LogP contribution in [0.5, 0.6) is 0 Å². The first-order chi connectivity index (χ1) is 15.7. The zero-order valence-electron chi connectivity index (χ0n) is 17.6. The van der Waals surface area contributed by atoms with E-state index in [-0.39, 0.29) is 11.9 Å². The van der Waals surface area contributed by atoms with Gasteiger partial charge in [-0.15, -0.1) is 10.2 Å². The summed E-state index contributed by atoms with van der Waals surface area (Å²) >= 11 is 1.43. The fourth-order valence-corrected chi connectivity index (χ4v) is 4.97. The first-order valence-corrected chi connectivity index (χ1v) is 11.5. The summed E-state index contributed by atoms with van der Waals surface area (Å²) in [6, 6.07) is 27.6. The Morgan fingerprint density at radius 1 is 0.969 bits per heavy atom. The molecule has 2 N–H and O–H groups in total. The molecule has 4 aromatic rings. The van der Waals surface area contributed by atoms with Crippen molar-refractivity contribution in [3.8, 4) is 11.4 Å². The number of fused-ring (bicyclic) bond motifs is 1. The number of amides is 1. The van der Waals surface area contributed by atoms with Crippen molar-refractivity contribution in [3.63, 3.8) is 0 Å². The van der Waals surface area contributed by atoms with Gasteiger partial charge < -0.3 is 10.7 Å². The maximum atomic E-state index is 13.5. The van der Waals surface area contributed by atoms with Crippen LogP contribution in [-0.2, 0) is 11.2 Å². The van der Waals surface area contributed by atoms with E-state index in [1.54, 1.807) is 0 Å². The summed E-state index contributed by atoms with van der Waals surface area (Å²) in [7, 11) is 0. The largest absolute Gasteiger partial charge is 0.325 e. The molecule has 0 saturated carbocycles. The van der Waals surface area contributed by atoms with Crippen molar-refractivity contribution in [3.05, 3.63) is 96.1 Å². The van der Waals surface area contributed by atoms with Gasteiger partial charge in [0.25, 0.3) is 0 Å². The Bertz CT molecular complexity index is 1230. The number of benzene rings is 3. The van der Waals surface area contributed by atoms with Gasteiger partial charge in [0, 0.05) is 11.3 Å². The molecule has 2 heterocycles. The second kappa shape index (κ2) is 8.88. The molecular weight excluding hydrogens is 418 g/mol. The minimum Gasteiger partial charge on any atom is -0.325 e. The van der Waals surface area contributed by atoms with Gasteiger partial charge in [-0.3, -0.25) is 4.79 Å². The molecule has 5 rings (SSSR count). The van der Waals surface area contributed by atoms with Gasteiger partial charge in [-0.1, -0.05) is 97.5 Å². The third-order valence-corrected chi connectivity index (χ3v) is 6.76. The Hall–Kier alpha value is -3.58. The molecule has 0 unspecified atom stereocenters. The van der Waals surface area contributed by atoms with E-state index in [4.69, 9.17) is 0 Å². The van der Waals surface area contributed by atoms with Crippen LogP contribution < -0.4 is 10.7 Å². The van der Waals surface area contributed by atoms with E-state index in [0.29, 0.717) is 5.16 Å². The van der Waals surface area contributed by atoms with Gasteiger partial charge >= 0.3 is 0 Å². The number of aromatic nitrogens is 3. The molecule has 6 nitrogen and oxygen atoms in total. The number of anilines is 1. The molecule has 0 radical (unpaired) electrons. The summed E-state index contributed by atoms with van der Waals surface area (Å²) in [5.41, 5.74) is 7.47. The van der Waals surface area contributed by atoms with Crippen LogP contribution in [0.1, 0.15) is 24.1 Å². The maximum absolute atomic E-state index is 13.5. The minimum absolute atomic E-state index is 0.0623. The third kappa shape index (κ3) is 3.87. The van der Waals surface area contributed by atoms with Crippen LogP contribution in [0, 0.1) is 0 Å². The number of para-hydroxylation sites is 1. The summed E-state index contributed by atoms with van der Waals surface area (Å²) in [6.45, 7) is 2.09. The average molecular weight is 442 g/mol. The summed E-state index contributed by atoms with van der Waals surface area (Å²) in [4.78, 5) is 13.5. The number of hydrogen-bond donors (Lipinski definition) is 2. The van der Waals surface area contributed by atoms with Gasteiger partial charge in [0.15, 0.2) is 5.82 Å². The molecule has 32 heavy (non-hydrogen) atoms. The quantitative estimate of drug-likeness (QED) is 0.461. The fraction of sp³-hybridized carbons (Fsp3) is 0.160. The van der Waals surface area contributed by atoms with Crippen molar-refractivity contribution in [1.82, 2.24) is 14.9 Å². The highest BCUT2D eigenvalue weighted by Gasteiger charge is 2.38. The number of hydrogen-bond acceptors (Lipinski definition) is 5. The average Bonchev–Trinajstić information content (AvgIpc) is 3.27. The number of carbonyl (C=O) groups excluding carboxylic acids is 1. The first-order valence-electron chi connectivity index (χ1n) is 10.6. The number of rotatable bonds is 5. The Balaban J connectivity index is 1.51. The van der Waals surface area contributed by atoms with E-state index in [1.807, 2.05) is 89.6 Å². The summed E-state index contributed by atoms with van der Waals surface area (Å²) in [5, 5.41) is 12.2. The predicted molar refractivity (Wildman–Crippen MR) is 128 cm³/mol. The normalized spacial score (nSPS) is 17.3. The number of nitrogens with one attached hydrogen (secondary N) is 2. The lowest BCUT2D eigenvalue weighted by Crippen LogP contribution is -2.41. The standard InChI is InChI=1S/C25H23N5OS/c1-2-17-11-9-10-16-20(17)26-24(31)22-21(18-12-5-3-6-13-18)29-30-23(27-28-25(30)32-22)19-14-7-4-8-15-19/h3-16,21-22,29H,2H2,1H3,(H,26,31)/t21-,22+/m1/s1. The van der Waals surface area contributed by atoms with Crippen LogP contribution in [0.25, 0.3) is 11.4 Å². The van der Waals surface area contributed by atoms with Crippen LogP contribution in [0.15, 0.2) is 90.1 Å². The Morgan fingerprint density at radius 3 is 2.41 bits per heavy atom. The van der Waals surface area contributed by atoms with Gasteiger partial charge in [-0.2, -0.15) is 0 Å². The number of aryl methyl sites for hydroxylation is 1. The fourth-order valence-electron chi connectivity index (χ4n) is 3.89. The predicted octanol–water partition coefficient (Wildman–Crippen LogP) is 4.91. The van der Waals surface area contributed by atoms with Gasteiger partial charge in [0.1, 0.15) is 5.25 Å². The van der Waals surface area contributed by atoms with Gasteiger partial charge in [0.05, 0.1) is 6.04 Å². The van der Waals surface area contributed by atoms with Gasteiger partial charge in [0.2, 0.25) is 11.1 Å². The van der Waals surface area contributed by atoms with Gasteiger partial charge in [-0.05, 0) is 23.6 Å². The zero-order valence-corrected chi connectivity index (χ0v) is 18.4. The zero-order chi connectivity index (χ0) is 21.9. The van der Waals surface area contributed by atoms with Crippen LogP contribution in [-0.4, -0.2) is 26.0 Å². The first kappa shape index (κ1) is 20.3. The van der Waals surface area contributed by atoms with Crippen molar-refractivity contribution >= 4 is 23.4 Å². The lowest BCUT2D eigenvalue weighted by Gasteiger charge is -2.33. The Morgan fingerprint density at radius 2 is 1.66 bits per heavy atom. The van der Waals surface area contributed by atoms with Crippen molar-refractivity contribution in [2.24, 2.45) is 0 Å². The van der Waals surface area contributed by atoms with Crippen LogP contribution >= 0.6 is 11.8 Å². The summed E-state index contributed by atoms with van der Waals surface area (Å²) in [5.74, 6) is 0.664. The van der Waals surface area contributed by atoms with E-state index in [9.17, 15) is 4.79 Å². The Labute approximate surface area is 191 Å². The van der Waals surface area contributed by atoms with Crippen molar-refractivity contribution in [2.45, 2.75) is 29.8 Å². The molecule has 160 valence electrons. The van der Waals surface area contributed by atoms with Gasteiger partial charge in [-0.25, -0.2) is 4.68 Å². The van der Waals surface area contributed by atoms with Crippen molar-refractivity contribution in [2.75, 3.05) is 10.7 Å². The topological polar surface area (TPSA) is 71.8 Å². The van der Waals surface area contributed by atoms with Crippen LogP contribution in [0.3, 0.4) is 0 Å². The number of nitrogens with zero attached hydrogens (tertiary/aromatic N) is 3. The van der Waals surface area contributed by atoms with E-state index >= 15 is 0 Å². The molecule has 0 fully saturated rings. The van der Waals surface area contributed by atoms with Crippen molar-refractivity contribution < 1.29 is 4.79 Å².